The SMILES string of the molecule is C=C1CC=c2c(CN3CCS(=O)(=O)CC3)cc3c(c2=N1)OCN(CC1CCCCC1)C3. The van der Waals surface area contributed by atoms with E-state index in [0.29, 0.717) is 19.8 Å². The van der Waals surface area contributed by atoms with Crippen LogP contribution in [-0.4, -0.2) is 56.1 Å². The van der Waals surface area contributed by atoms with Gasteiger partial charge in [0, 0.05) is 55.6 Å². The van der Waals surface area contributed by atoms with Gasteiger partial charge in [0.05, 0.1) is 11.5 Å². The fraction of sp³-hybridized carbons (Fsp3) is 0.625. The minimum absolute atomic E-state index is 0.253. The van der Waals surface area contributed by atoms with E-state index in [1.807, 2.05) is 0 Å². The third-order valence-electron chi connectivity index (χ3n) is 7.13. The average molecular weight is 444 g/mol. The first-order valence-corrected chi connectivity index (χ1v) is 13.5. The van der Waals surface area contributed by atoms with Crippen LogP contribution in [0.3, 0.4) is 0 Å². The molecule has 31 heavy (non-hydrogen) atoms. The Morgan fingerprint density at radius 3 is 2.68 bits per heavy atom. The van der Waals surface area contributed by atoms with Crippen molar-refractivity contribution in [3.8, 4) is 5.75 Å². The maximum atomic E-state index is 11.8. The van der Waals surface area contributed by atoms with Gasteiger partial charge in [-0.25, -0.2) is 13.4 Å². The summed E-state index contributed by atoms with van der Waals surface area (Å²) in [6, 6.07) is 2.28. The molecule has 6 nitrogen and oxygen atoms in total. The number of benzene rings is 1. The van der Waals surface area contributed by atoms with Gasteiger partial charge in [-0.15, -0.1) is 0 Å². The largest absolute Gasteiger partial charge is 0.475 e. The molecule has 7 heteroatoms. The molecule has 1 aliphatic carbocycles. The van der Waals surface area contributed by atoms with Crippen LogP contribution < -0.4 is 15.3 Å². The molecule has 0 N–H and O–H groups in total. The van der Waals surface area contributed by atoms with Crippen molar-refractivity contribution in [2.75, 3.05) is 37.9 Å². The molecule has 0 bridgehead atoms. The van der Waals surface area contributed by atoms with E-state index in [-0.39, 0.29) is 11.5 Å². The van der Waals surface area contributed by atoms with Gasteiger partial charge in [-0.3, -0.25) is 9.80 Å². The lowest BCUT2D eigenvalue weighted by Gasteiger charge is -2.34. The summed E-state index contributed by atoms with van der Waals surface area (Å²) in [7, 11) is -2.87. The highest BCUT2D eigenvalue weighted by molar-refractivity contribution is 7.91. The average Bonchev–Trinajstić information content (AvgIpc) is 2.76. The molecule has 1 aromatic rings. The molecule has 0 spiro atoms. The molecule has 2 fully saturated rings. The molecule has 1 aromatic carbocycles. The molecule has 3 aliphatic heterocycles. The summed E-state index contributed by atoms with van der Waals surface area (Å²) in [5.74, 6) is 2.20. The van der Waals surface area contributed by atoms with Crippen LogP contribution in [0.1, 0.15) is 49.7 Å². The molecule has 4 aliphatic rings. The van der Waals surface area contributed by atoms with E-state index in [4.69, 9.17) is 9.73 Å². The predicted octanol–water partition coefficient (Wildman–Crippen LogP) is 1.97. The molecule has 0 unspecified atom stereocenters. The van der Waals surface area contributed by atoms with Crippen LogP contribution in [0, 0.1) is 5.92 Å². The normalized spacial score (nSPS) is 24.5. The summed E-state index contributed by atoms with van der Waals surface area (Å²) >= 11 is 0. The van der Waals surface area contributed by atoms with Gasteiger partial charge in [-0.1, -0.05) is 31.9 Å². The van der Waals surface area contributed by atoms with E-state index < -0.39 is 9.84 Å². The fourth-order valence-corrected chi connectivity index (χ4v) is 6.67. The van der Waals surface area contributed by atoms with Crippen molar-refractivity contribution >= 4 is 15.9 Å². The number of hydrogen-bond acceptors (Lipinski definition) is 6. The van der Waals surface area contributed by atoms with Crippen LogP contribution in [0.2, 0.25) is 0 Å². The maximum Gasteiger partial charge on any atom is 0.152 e. The quantitative estimate of drug-likeness (QED) is 0.712. The number of rotatable bonds is 4. The lowest BCUT2D eigenvalue weighted by molar-refractivity contribution is 0.0715. The number of fused-ring (bicyclic) bond motifs is 3. The Bertz CT molecular complexity index is 1080. The number of nitrogens with zero attached hydrogens (tertiary/aromatic N) is 3. The van der Waals surface area contributed by atoms with Crippen molar-refractivity contribution in [1.82, 2.24) is 9.80 Å². The lowest BCUT2D eigenvalue weighted by atomic mass is 9.89. The summed E-state index contributed by atoms with van der Waals surface area (Å²) in [5.41, 5.74) is 3.30. The summed E-state index contributed by atoms with van der Waals surface area (Å²) in [6.07, 6.45) is 9.72. The zero-order valence-corrected chi connectivity index (χ0v) is 19.1. The topological polar surface area (TPSA) is 62.2 Å². The van der Waals surface area contributed by atoms with Gasteiger partial charge in [0.15, 0.2) is 15.6 Å². The monoisotopic (exact) mass is 443 g/mol. The van der Waals surface area contributed by atoms with E-state index >= 15 is 0 Å². The third-order valence-corrected chi connectivity index (χ3v) is 8.73. The number of sulfone groups is 1. The second-order valence-electron chi connectivity index (χ2n) is 9.59. The maximum absolute atomic E-state index is 11.8. The van der Waals surface area contributed by atoms with Gasteiger partial charge < -0.3 is 4.74 Å². The number of ether oxygens (including phenoxy) is 1. The Morgan fingerprint density at radius 2 is 1.90 bits per heavy atom. The standard InChI is InChI=1S/C24H33N3O3S/c1-18-7-8-22-20(15-26-9-11-31(28,29)12-10-26)13-21-16-27(14-19-5-3-2-4-6-19)17-30-24(21)23(22)25-18/h8,13,19H,1-7,9-12,14-17H2. The van der Waals surface area contributed by atoms with Crippen LogP contribution in [0.25, 0.3) is 6.08 Å². The van der Waals surface area contributed by atoms with Crippen molar-refractivity contribution in [2.24, 2.45) is 10.9 Å². The summed E-state index contributed by atoms with van der Waals surface area (Å²) in [5, 5.41) is 2.06. The molecule has 0 aromatic heterocycles. The number of allylic oxidation sites excluding steroid dienone is 1. The van der Waals surface area contributed by atoms with Crippen molar-refractivity contribution in [3.63, 3.8) is 0 Å². The summed E-state index contributed by atoms with van der Waals surface area (Å²) in [4.78, 5) is 9.48. The Balaban J connectivity index is 1.42. The second kappa shape index (κ2) is 8.68. The van der Waals surface area contributed by atoms with Crippen molar-refractivity contribution in [3.05, 3.63) is 40.0 Å². The van der Waals surface area contributed by atoms with E-state index in [0.717, 1.165) is 54.0 Å². The van der Waals surface area contributed by atoms with E-state index in [2.05, 4.69) is 28.5 Å². The van der Waals surface area contributed by atoms with Crippen LogP contribution >= 0.6 is 0 Å². The minimum Gasteiger partial charge on any atom is -0.475 e. The zero-order valence-electron chi connectivity index (χ0n) is 18.3. The highest BCUT2D eigenvalue weighted by Gasteiger charge is 2.26. The fourth-order valence-electron chi connectivity index (χ4n) is 5.40. The van der Waals surface area contributed by atoms with Crippen LogP contribution in [0.5, 0.6) is 5.75 Å². The Hall–Kier alpha value is -1.70. The van der Waals surface area contributed by atoms with Gasteiger partial charge in [0.2, 0.25) is 0 Å². The van der Waals surface area contributed by atoms with E-state index in [1.165, 1.54) is 43.2 Å². The Kier molecular flexibility index (Phi) is 5.92. The van der Waals surface area contributed by atoms with Gasteiger partial charge in [-0.2, -0.15) is 0 Å². The highest BCUT2D eigenvalue weighted by atomic mass is 32.2. The zero-order chi connectivity index (χ0) is 21.4. The van der Waals surface area contributed by atoms with Crippen LogP contribution in [0.15, 0.2) is 23.3 Å². The summed E-state index contributed by atoms with van der Waals surface area (Å²) < 4.78 is 29.9. The smallest absolute Gasteiger partial charge is 0.152 e. The minimum atomic E-state index is -2.87. The van der Waals surface area contributed by atoms with Gasteiger partial charge in [-0.05, 0) is 30.4 Å². The first kappa shape index (κ1) is 21.2. The van der Waals surface area contributed by atoms with Crippen molar-refractivity contribution in [2.45, 2.75) is 51.6 Å². The van der Waals surface area contributed by atoms with Crippen molar-refractivity contribution in [1.29, 1.82) is 0 Å². The molecule has 0 radical (unpaired) electrons. The van der Waals surface area contributed by atoms with E-state index in [9.17, 15) is 8.42 Å². The van der Waals surface area contributed by atoms with Gasteiger partial charge in [0.1, 0.15) is 12.1 Å². The van der Waals surface area contributed by atoms with Crippen LogP contribution in [-0.2, 0) is 22.9 Å². The molecule has 1 saturated heterocycles. The molecule has 0 amide bonds. The molecule has 3 heterocycles. The molecule has 5 rings (SSSR count). The number of hydrogen-bond donors (Lipinski definition) is 0. The molecule has 168 valence electrons. The molecule has 1 saturated carbocycles. The Labute approximate surface area is 185 Å². The van der Waals surface area contributed by atoms with Crippen LogP contribution in [0.4, 0.5) is 0 Å². The first-order chi connectivity index (χ1) is 15.0. The second-order valence-corrected chi connectivity index (χ2v) is 11.9. The molecular weight excluding hydrogens is 410 g/mol. The highest BCUT2D eigenvalue weighted by Crippen LogP contribution is 2.28. The Morgan fingerprint density at radius 1 is 1.13 bits per heavy atom. The third kappa shape index (κ3) is 4.73. The molecule has 0 atom stereocenters. The summed E-state index contributed by atoms with van der Waals surface area (Å²) in [6.45, 7) is 8.65. The lowest BCUT2D eigenvalue weighted by Crippen LogP contribution is -2.44. The predicted molar refractivity (Wildman–Crippen MR) is 122 cm³/mol. The van der Waals surface area contributed by atoms with E-state index in [1.54, 1.807) is 0 Å². The first-order valence-electron chi connectivity index (χ1n) is 11.7. The van der Waals surface area contributed by atoms with Gasteiger partial charge in [0.25, 0.3) is 0 Å². The molecular formula is C24H33N3O3S. The van der Waals surface area contributed by atoms with Gasteiger partial charge >= 0.3 is 0 Å². The van der Waals surface area contributed by atoms with Crippen molar-refractivity contribution < 1.29 is 13.2 Å².